The maximum Gasteiger partial charge on any atom is 0.416 e. The van der Waals surface area contributed by atoms with Gasteiger partial charge in [-0.25, -0.2) is 0 Å². The zero-order chi connectivity index (χ0) is 17.3. The number of primary amides is 1. The van der Waals surface area contributed by atoms with Gasteiger partial charge in [0.2, 0.25) is 0 Å². The van der Waals surface area contributed by atoms with Gasteiger partial charge in [0.25, 0.3) is 0 Å². The fourth-order valence-electron chi connectivity index (χ4n) is 1.58. The summed E-state index contributed by atoms with van der Waals surface area (Å²) in [5, 5.41) is 1.90. The number of carbonyl (C=O) groups is 2. The molecule has 0 spiro atoms. The van der Waals surface area contributed by atoms with Crippen LogP contribution in [0.4, 0.5) is 26.3 Å². The van der Waals surface area contributed by atoms with Crippen LogP contribution in [0.15, 0.2) is 18.2 Å². The smallest absolute Gasteiger partial charge is 0.361 e. The first-order chi connectivity index (χ1) is 9.82. The van der Waals surface area contributed by atoms with Gasteiger partial charge in [-0.3, -0.25) is 9.59 Å². The second-order valence-corrected chi connectivity index (χ2v) is 4.40. The number of nitrogens with one attached hydrogen (secondary N) is 1. The lowest BCUT2D eigenvalue weighted by atomic mass is 10.0. The van der Waals surface area contributed by atoms with Gasteiger partial charge in [-0.2, -0.15) is 26.3 Å². The number of benzene rings is 1. The van der Waals surface area contributed by atoms with Crippen molar-refractivity contribution < 1.29 is 35.9 Å². The maximum atomic E-state index is 12.7. The summed E-state index contributed by atoms with van der Waals surface area (Å²) in [6.45, 7) is 1.12. The highest BCUT2D eigenvalue weighted by Gasteiger charge is 2.37. The molecule has 0 radical (unpaired) electrons. The van der Waals surface area contributed by atoms with E-state index in [0.717, 1.165) is 6.92 Å². The number of nitrogens with two attached hydrogens (primary N) is 1. The molecule has 122 valence electrons. The second kappa shape index (κ2) is 5.85. The lowest BCUT2D eigenvalue weighted by molar-refractivity contribution is -0.143. The molecule has 2 amide bonds. The van der Waals surface area contributed by atoms with Gasteiger partial charge in [0.1, 0.15) is 0 Å². The molecular formula is C12H10F6N2O2. The predicted molar refractivity (Wildman–Crippen MR) is 62.2 cm³/mol. The zero-order valence-electron chi connectivity index (χ0n) is 11.0. The number of carbonyl (C=O) groups excluding carboxylic acids is 2. The molecule has 0 aliphatic heterocycles. The van der Waals surface area contributed by atoms with Crippen LogP contribution in [0.25, 0.3) is 0 Å². The average molecular weight is 328 g/mol. The van der Waals surface area contributed by atoms with E-state index < -0.39 is 46.9 Å². The number of halogens is 6. The largest absolute Gasteiger partial charge is 0.416 e. The Morgan fingerprint density at radius 1 is 1.00 bits per heavy atom. The molecule has 0 fully saturated rings. The van der Waals surface area contributed by atoms with Crippen LogP contribution >= 0.6 is 0 Å². The highest BCUT2D eigenvalue weighted by atomic mass is 19.4. The van der Waals surface area contributed by atoms with E-state index in [-0.39, 0.29) is 6.07 Å². The Hall–Kier alpha value is -2.26. The third-order valence-corrected chi connectivity index (χ3v) is 2.68. The first kappa shape index (κ1) is 17.8. The van der Waals surface area contributed by atoms with Gasteiger partial charge in [0.15, 0.2) is 0 Å². The van der Waals surface area contributed by atoms with Crippen molar-refractivity contribution in [3.05, 3.63) is 34.9 Å². The number of rotatable bonds is 2. The molecule has 1 rings (SSSR count). The van der Waals surface area contributed by atoms with Crippen LogP contribution in [0.1, 0.15) is 29.7 Å². The molecule has 0 aromatic heterocycles. The van der Waals surface area contributed by atoms with Crippen molar-refractivity contribution >= 4 is 11.8 Å². The lowest BCUT2D eigenvalue weighted by Gasteiger charge is -2.18. The quantitative estimate of drug-likeness (QED) is 0.646. The van der Waals surface area contributed by atoms with Crippen molar-refractivity contribution in [2.24, 2.45) is 5.73 Å². The van der Waals surface area contributed by atoms with Crippen molar-refractivity contribution in [3.8, 4) is 0 Å². The Labute approximate surface area is 120 Å². The third kappa shape index (κ3) is 4.37. The summed E-state index contributed by atoms with van der Waals surface area (Å²) < 4.78 is 76.0. The molecule has 0 heterocycles. The molecule has 3 N–H and O–H groups in total. The fourth-order valence-corrected chi connectivity index (χ4v) is 1.58. The van der Waals surface area contributed by atoms with E-state index in [0.29, 0.717) is 12.1 Å². The Morgan fingerprint density at radius 3 is 1.73 bits per heavy atom. The number of amides is 2. The third-order valence-electron chi connectivity index (χ3n) is 2.68. The highest BCUT2D eigenvalue weighted by Crippen LogP contribution is 2.37. The van der Waals surface area contributed by atoms with Crippen molar-refractivity contribution in [3.63, 3.8) is 0 Å². The molecule has 1 unspecified atom stereocenters. The summed E-state index contributed by atoms with van der Waals surface area (Å²) in [5.74, 6) is -2.73. The van der Waals surface area contributed by atoms with Gasteiger partial charge < -0.3 is 11.1 Å². The van der Waals surface area contributed by atoms with Gasteiger partial charge in [0.05, 0.1) is 17.2 Å². The van der Waals surface area contributed by atoms with Crippen molar-refractivity contribution in [2.75, 3.05) is 0 Å². The first-order valence-electron chi connectivity index (χ1n) is 5.72. The normalized spacial score (nSPS) is 13.6. The summed E-state index contributed by atoms with van der Waals surface area (Å²) in [4.78, 5) is 21.6. The summed E-state index contributed by atoms with van der Waals surface area (Å²) in [6, 6.07) is -0.391. The molecule has 0 aliphatic carbocycles. The van der Waals surface area contributed by atoms with Crippen LogP contribution in [0.5, 0.6) is 0 Å². The van der Waals surface area contributed by atoms with Crippen LogP contribution < -0.4 is 11.1 Å². The van der Waals surface area contributed by atoms with Crippen LogP contribution in [0.2, 0.25) is 0 Å². The Bertz CT molecular complexity index is 562. The second-order valence-electron chi connectivity index (χ2n) is 4.40. The number of hydrogen-bond acceptors (Lipinski definition) is 2. The van der Waals surface area contributed by atoms with E-state index in [1.54, 1.807) is 0 Å². The maximum absolute atomic E-state index is 12.7. The van der Waals surface area contributed by atoms with Gasteiger partial charge in [-0.05, 0) is 30.7 Å². The molecule has 1 atom stereocenters. The van der Waals surface area contributed by atoms with Gasteiger partial charge >= 0.3 is 24.2 Å². The monoisotopic (exact) mass is 328 g/mol. The summed E-state index contributed by atoms with van der Waals surface area (Å²) >= 11 is 0. The number of hydrogen-bond donors (Lipinski definition) is 2. The average Bonchev–Trinajstić information content (AvgIpc) is 2.35. The zero-order valence-corrected chi connectivity index (χ0v) is 11.0. The van der Waals surface area contributed by atoms with E-state index in [1.807, 2.05) is 5.32 Å². The minimum Gasteiger partial charge on any atom is -0.361 e. The van der Waals surface area contributed by atoms with Crippen molar-refractivity contribution in [1.82, 2.24) is 5.32 Å². The van der Waals surface area contributed by atoms with Crippen LogP contribution in [0, 0.1) is 0 Å². The summed E-state index contributed by atoms with van der Waals surface area (Å²) in [5.41, 5.74) is 1.16. The number of alkyl halides is 6. The topological polar surface area (TPSA) is 72.2 Å². The summed E-state index contributed by atoms with van der Waals surface area (Å²) in [7, 11) is 0. The summed E-state index contributed by atoms with van der Waals surface area (Å²) in [6.07, 6.45) is -9.99. The van der Waals surface area contributed by atoms with E-state index in [1.165, 1.54) is 0 Å². The molecule has 0 bridgehead atoms. The van der Waals surface area contributed by atoms with Crippen LogP contribution in [-0.4, -0.2) is 11.8 Å². The molecule has 4 nitrogen and oxygen atoms in total. The molecule has 0 saturated heterocycles. The van der Waals surface area contributed by atoms with Gasteiger partial charge in [-0.15, -0.1) is 0 Å². The molecule has 22 heavy (non-hydrogen) atoms. The predicted octanol–water partition coefficient (Wildman–Crippen LogP) is 2.39. The van der Waals surface area contributed by atoms with Crippen molar-refractivity contribution in [2.45, 2.75) is 25.3 Å². The molecule has 0 aliphatic rings. The van der Waals surface area contributed by atoms with E-state index >= 15 is 0 Å². The lowest BCUT2D eigenvalue weighted by Crippen LogP contribution is -2.37. The Morgan fingerprint density at radius 2 is 1.41 bits per heavy atom. The fraction of sp³-hybridized carbons (Fsp3) is 0.333. The Kier molecular flexibility index (Phi) is 4.73. The molecule has 10 heteroatoms. The Balaban J connectivity index is 3.29. The van der Waals surface area contributed by atoms with E-state index in [2.05, 4.69) is 5.73 Å². The van der Waals surface area contributed by atoms with Crippen LogP contribution in [0.3, 0.4) is 0 Å². The van der Waals surface area contributed by atoms with Crippen LogP contribution in [-0.2, 0) is 21.9 Å². The minimum atomic E-state index is -5.00. The van der Waals surface area contributed by atoms with Gasteiger partial charge in [-0.1, -0.05) is 0 Å². The van der Waals surface area contributed by atoms with Crippen molar-refractivity contribution in [1.29, 1.82) is 0 Å². The molecule has 1 aromatic rings. The minimum absolute atomic E-state index is 0.0356. The first-order valence-corrected chi connectivity index (χ1v) is 5.72. The SMILES string of the molecule is CC(NC(=O)C(N)=O)c1cc(C(F)(F)F)cc(C(F)(F)F)c1. The van der Waals surface area contributed by atoms with E-state index in [9.17, 15) is 35.9 Å². The molecule has 1 aromatic carbocycles. The van der Waals surface area contributed by atoms with E-state index in [4.69, 9.17) is 0 Å². The highest BCUT2D eigenvalue weighted by molar-refractivity contribution is 6.34. The standard InChI is InChI=1S/C12H10F6N2O2/c1-5(20-10(22)9(19)21)6-2-7(11(13,14)15)4-8(3-6)12(16,17)18/h2-5H,1H3,(H2,19,21)(H,20,22). The molecular weight excluding hydrogens is 318 g/mol. The molecule has 0 saturated carbocycles. The van der Waals surface area contributed by atoms with Gasteiger partial charge in [0, 0.05) is 0 Å².